The molecule has 0 aromatic carbocycles. The molecule has 1 saturated carbocycles. The van der Waals surface area contributed by atoms with Gasteiger partial charge in [-0.05, 0) is 19.8 Å². The summed E-state index contributed by atoms with van der Waals surface area (Å²) in [6.07, 6.45) is 2.62. The SMILES string of the molecule is COC[C@@H]1[C@@H](NC(=O)CCc2scnc2C)[C@@H]2CCO[C@H]12. The second-order valence-electron chi connectivity index (χ2n) is 5.86. The Bertz CT molecular complexity index is 505. The van der Waals surface area contributed by atoms with E-state index >= 15 is 0 Å². The van der Waals surface area contributed by atoms with E-state index in [1.165, 1.54) is 4.88 Å². The number of nitrogens with one attached hydrogen (secondary N) is 1. The Hall–Kier alpha value is -0.980. The van der Waals surface area contributed by atoms with Crippen LogP contribution in [0.15, 0.2) is 5.51 Å². The zero-order valence-corrected chi connectivity index (χ0v) is 13.3. The molecule has 1 aliphatic carbocycles. The summed E-state index contributed by atoms with van der Waals surface area (Å²) in [5.41, 5.74) is 2.88. The quantitative estimate of drug-likeness (QED) is 0.866. The molecule has 0 radical (unpaired) electrons. The molecule has 1 aliphatic heterocycles. The molecule has 3 rings (SSSR count). The van der Waals surface area contributed by atoms with Gasteiger partial charge in [-0.1, -0.05) is 0 Å². The molecule has 0 spiro atoms. The number of hydrogen-bond donors (Lipinski definition) is 1. The fourth-order valence-corrected chi connectivity index (χ4v) is 4.27. The maximum Gasteiger partial charge on any atom is 0.220 e. The van der Waals surface area contributed by atoms with Crippen LogP contribution < -0.4 is 5.32 Å². The van der Waals surface area contributed by atoms with E-state index in [4.69, 9.17) is 9.47 Å². The van der Waals surface area contributed by atoms with Crippen LogP contribution in [0.4, 0.5) is 0 Å². The summed E-state index contributed by atoms with van der Waals surface area (Å²) in [4.78, 5) is 17.6. The van der Waals surface area contributed by atoms with Gasteiger partial charge in [-0.15, -0.1) is 11.3 Å². The summed E-state index contributed by atoms with van der Waals surface area (Å²) in [5, 5.41) is 3.19. The van der Waals surface area contributed by atoms with Crippen LogP contribution in [0.2, 0.25) is 0 Å². The molecule has 6 heteroatoms. The van der Waals surface area contributed by atoms with Crippen LogP contribution in [0.5, 0.6) is 0 Å². The first-order chi connectivity index (χ1) is 10.2. The van der Waals surface area contributed by atoms with Crippen LogP contribution in [-0.2, 0) is 20.7 Å². The van der Waals surface area contributed by atoms with Crippen molar-refractivity contribution in [3.8, 4) is 0 Å². The summed E-state index contributed by atoms with van der Waals surface area (Å²) >= 11 is 1.62. The van der Waals surface area contributed by atoms with Crippen LogP contribution in [0.3, 0.4) is 0 Å². The van der Waals surface area contributed by atoms with Crippen molar-refractivity contribution in [1.29, 1.82) is 0 Å². The van der Waals surface area contributed by atoms with Crippen LogP contribution >= 0.6 is 11.3 Å². The highest BCUT2D eigenvalue weighted by Gasteiger charge is 2.54. The van der Waals surface area contributed by atoms with Gasteiger partial charge in [0.2, 0.25) is 5.91 Å². The summed E-state index contributed by atoms with van der Waals surface area (Å²) in [6, 6.07) is 0.215. The second kappa shape index (κ2) is 6.42. The molecule has 4 atom stereocenters. The number of aryl methyl sites for hydroxylation is 2. The Morgan fingerprint density at radius 1 is 1.62 bits per heavy atom. The van der Waals surface area contributed by atoms with Gasteiger partial charge in [0.15, 0.2) is 0 Å². The van der Waals surface area contributed by atoms with Crippen molar-refractivity contribution in [2.75, 3.05) is 20.3 Å². The van der Waals surface area contributed by atoms with Gasteiger partial charge in [-0.3, -0.25) is 4.79 Å². The van der Waals surface area contributed by atoms with Gasteiger partial charge in [0.05, 0.1) is 23.9 Å². The number of methoxy groups -OCH3 is 1. The number of hydrogen-bond acceptors (Lipinski definition) is 5. The Morgan fingerprint density at radius 3 is 3.19 bits per heavy atom. The second-order valence-corrected chi connectivity index (χ2v) is 6.80. The first-order valence-electron chi connectivity index (χ1n) is 7.49. The molecular weight excluding hydrogens is 288 g/mol. The third-order valence-electron chi connectivity index (χ3n) is 4.64. The summed E-state index contributed by atoms with van der Waals surface area (Å²) in [5.74, 6) is 0.898. The lowest BCUT2D eigenvalue weighted by Gasteiger charge is -2.47. The minimum atomic E-state index is 0.124. The lowest BCUT2D eigenvalue weighted by molar-refractivity contribution is -0.129. The monoisotopic (exact) mass is 310 g/mol. The normalized spacial score (nSPS) is 30.8. The van der Waals surface area contributed by atoms with Crippen molar-refractivity contribution >= 4 is 17.2 Å². The van der Waals surface area contributed by atoms with Crippen molar-refractivity contribution < 1.29 is 14.3 Å². The maximum absolute atomic E-state index is 12.2. The molecule has 0 bridgehead atoms. The average molecular weight is 310 g/mol. The maximum atomic E-state index is 12.2. The van der Waals surface area contributed by atoms with Crippen molar-refractivity contribution in [2.45, 2.75) is 38.3 Å². The largest absolute Gasteiger partial charge is 0.384 e. The lowest BCUT2D eigenvalue weighted by Crippen LogP contribution is -2.62. The highest BCUT2D eigenvalue weighted by atomic mass is 32.1. The van der Waals surface area contributed by atoms with E-state index < -0.39 is 0 Å². The highest BCUT2D eigenvalue weighted by Crippen LogP contribution is 2.43. The molecule has 2 fully saturated rings. The fourth-order valence-electron chi connectivity index (χ4n) is 3.49. The van der Waals surface area contributed by atoms with E-state index in [0.717, 1.165) is 25.1 Å². The van der Waals surface area contributed by atoms with E-state index in [1.807, 2.05) is 12.4 Å². The van der Waals surface area contributed by atoms with Crippen LogP contribution in [0.25, 0.3) is 0 Å². The number of carbonyl (C=O) groups is 1. The number of rotatable bonds is 6. The van der Waals surface area contributed by atoms with Crippen molar-refractivity contribution in [3.05, 3.63) is 16.1 Å². The Morgan fingerprint density at radius 2 is 2.48 bits per heavy atom. The Kier molecular flexibility index (Phi) is 4.57. The van der Waals surface area contributed by atoms with Crippen LogP contribution in [0, 0.1) is 18.8 Å². The molecule has 1 aromatic heterocycles. The Balaban J connectivity index is 1.51. The third-order valence-corrected chi connectivity index (χ3v) is 5.63. The number of thiazole rings is 1. The topological polar surface area (TPSA) is 60.5 Å². The van der Waals surface area contributed by atoms with Crippen molar-refractivity contribution in [2.24, 2.45) is 11.8 Å². The molecule has 0 unspecified atom stereocenters. The zero-order valence-electron chi connectivity index (χ0n) is 12.5. The van der Waals surface area contributed by atoms with E-state index in [0.29, 0.717) is 24.9 Å². The zero-order chi connectivity index (χ0) is 14.8. The van der Waals surface area contributed by atoms with Crippen LogP contribution in [-0.4, -0.2) is 43.4 Å². The number of fused-ring (bicyclic) bond motifs is 1. The van der Waals surface area contributed by atoms with E-state index in [1.54, 1.807) is 18.4 Å². The third kappa shape index (κ3) is 2.98. The van der Waals surface area contributed by atoms with Gasteiger partial charge in [0.1, 0.15) is 0 Å². The lowest BCUT2D eigenvalue weighted by atomic mass is 9.67. The van der Waals surface area contributed by atoms with E-state index in [2.05, 4.69) is 10.3 Å². The summed E-state index contributed by atoms with van der Waals surface area (Å²) in [6.45, 7) is 3.45. The summed E-state index contributed by atoms with van der Waals surface area (Å²) in [7, 11) is 1.70. The molecule has 1 N–H and O–H groups in total. The number of aromatic nitrogens is 1. The van der Waals surface area contributed by atoms with Crippen molar-refractivity contribution in [3.63, 3.8) is 0 Å². The number of carbonyl (C=O) groups excluding carboxylic acids is 1. The molecular formula is C15H22N2O3S. The molecule has 21 heavy (non-hydrogen) atoms. The molecule has 1 amide bonds. The standard InChI is InChI=1S/C15H22N2O3S/c1-9-12(21-8-16-9)3-4-13(18)17-14-10-5-6-20-15(10)11(14)7-19-2/h8,10-11,14-15H,3-7H2,1-2H3,(H,17,18)/t10-,11+,14-,15-/m0/s1. The molecule has 1 aromatic rings. The predicted molar refractivity (Wildman–Crippen MR) is 80.3 cm³/mol. The number of ether oxygens (including phenoxy) is 2. The molecule has 2 heterocycles. The molecule has 2 aliphatic rings. The van der Waals surface area contributed by atoms with Gasteiger partial charge in [-0.2, -0.15) is 0 Å². The van der Waals surface area contributed by atoms with Gasteiger partial charge < -0.3 is 14.8 Å². The van der Waals surface area contributed by atoms with E-state index in [-0.39, 0.29) is 18.1 Å². The van der Waals surface area contributed by atoms with Gasteiger partial charge >= 0.3 is 0 Å². The smallest absolute Gasteiger partial charge is 0.220 e. The first kappa shape index (κ1) is 14.9. The van der Waals surface area contributed by atoms with Crippen molar-refractivity contribution in [1.82, 2.24) is 10.3 Å². The fraction of sp³-hybridized carbons (Fsp3) is 0.733. The van der Waals surface area contributed by atoms with Gasteiger partial charge in [-0.25, -0.2) is 4.98 Å². The average Bonchev–Trinajstić information content (AvgIpc) is 3.07. The molecule has 1 saturated heterocycles. The molecule has 5 nitrogen and oxygen atoms in total. The highest BCUT2D eigenvalue weighted by molar-refractivity contribution is 7.09. The Labute approximate surface area is 129 Å². The summed E-state index contributed by atoms with van der Waals surface area (Å²) < 4.78 is 11.0. The minimum Gasteiger partial charge on any atom is -0.384 e. The predicted octanol–water partition coefficient (Wildman–Crippen LogP) is 1.55. The number of amides is 1. The van der Waals surface area contributed by atoms with Crippen LogP contribution in [0.1, 0.15) is 23.4 Å². The minimum absolute atomic E-state index is 0.124. The number of nitrogens with zero attached hydrogens (tertiary/aromatic N) is 1. The van der Waals surface area contributed by atoms with E-state index in [9.17, 15) is 4.79 Å². The first-order valence-corrected chi connectivity index (χ1v) is 8.37. The molecule has 116 valence electrons. The van der Waals surface area contributed by atoms with Gasteiger partial charge in [0.25, 0.3) is 0 Å². The van der Waals surface area contributed by atoms with Gasteiger partial charge in [0, 0.05) is 42.9 Å².